The summed E-state index contributed by atoms with van der Waals surface area (Å²) >= 11 is 0. The van der Waals surface area contributed by atoms with Gasteiger partial charge in [-0.25, -0.2) is 13.2 Å². The van der Waals surface area contributed by atoms with Crippen LogP contribution in [-0.4, -0.2) is 31.7 Å². The first-order chi connectivity index (χ1) is 10.4. The van der Waals surface area contributed by atoms with Gasteiger partial charge in [0.15, 0.2) is 9.84 Å². The highest BCUT2D eigenvalue weighted by Crippen LogP contribution is 2.23. The molecule has 7 heteroatoms. The number of carbonyl (C=O) groups excluding carboxylic acids is 1. The summed E-state index contributed by atoms with van der Waals surface area (Å²) in [5, 5.41) is 11.6. The van der Waals surface area contributed by atoms with Crippen LogP contribution in [0.4, 0.5) is 5.69 Å². The largest absolute Gasteiger partial charge is 0.478 e. The zero-order valence-electron chi connectivity index (χ0n) is 13.8. The van der Waals surface area contributed by atoms with Gasteiger partial charge in [-0.2, -0.15) is 0 Å². The number of hydrogen-bond acceptors (Lipinski definition) is 4. The number of carboxylic acid groups (broad SMARTS) is 1. The average molecular weight is 341 g/mol. The first-order valence-corrected chi connectivity index (χ1v) is 9.16. The molecule has 1 aromatic rings. The van der Waals surface area contributed by atoms with Crippen molar-refractivity contribution in [1.82, 2.24) is 0 Å². The molecular formula is C16H23NO5S. The Balaban J connectivity index is 2.89. The monoisotopic (exact) mass is 341 g/mol. The van der Waals surface area contributed by atoms with Gasteiger partial charge in [0.05, 0.1) is 10.5 Å². The van der Waals surface area contributed by atoms with Gasteiger partial charge in [-0.1, -0.05) is 20.8 Å². The summed E-state index contributed by atoms with van der Waals surface area (Å²) in [4.78, 5) is 22.9. The molecule has 0 bridgehead atoms. The van der Waals surface area contributed by atoms with Crippen LogP contribution in [-0.2, 0) is 14.6 Å². The number of rotatable bonds is 6. The normalized spacial score (nSPS) is 12.0. The van der Waals surface area contributed by atoms with Crippen LogP contribution >= 0.6 is 0 Å². The molecule has 0 heterocycles. The molecule has 0 atom stereocenters. The Morgan fingerprint density at radius 1 is 1.17 bits per heavy atom. The molecule has 0 aliphatic rings. The lowest BCUT2D eigenvalue weighted by Gasteiger charge is -2.17. The summed E-state index contributed by atoms with van der Waals surface area (Å²) in [5.74, 6) is -1.52. The lowest BCUT2D eigenvalue weighted by atomic mass is 9.90. The van der Waals surface area contributed by atoms with Crippen LogP contribution in [0.1, 0.15) is 50.4 Å². The van der Waals surface area contributed by atoms with Gasteiger partial charge in [0.1, 0.15) is 0 Å². The summed E-state index contributed by atoms with van der Waals surface area (Å²) in [5.41, 5.74) is 0.122. The van der Waals surface area contributed by atoms with Crippen molar-refractivity contribution in [2.75, 3.05) is 11.6 Å². The number of carbonyl (C=O) groups is 2. The second-order valence-corrected chi connectivity index (χ2v) is 8.80. The maximum atomic E-state index is 11.9. The second-order valence-electron chi connectivity index (χ2n) is 6.79. The molecule has 0 saturated heterocycles. The van der Waals surface area contributed by atoms with Gasteiger partial charge >= 0.3 is 5.97 Å². The molecule has 0 unspecified atom stereocenters. The van der Waals surface area contributed by atoms with E-state index in [0.29, 0.717) is 12.8 Å². The minimum atomic E-state index is -3.57. The zero-order chi connectivity index (χ0) is 17.8. The van der Waals surface area contributed by atoms with Crippen molar-refractivity contribution in [2.24, 2.45) is 5.41 Å². The number of amides is 1. The first-order valence-electron chi connectivity index (χ1n) is 7.27. The Hall–Kier alpha value is -1.89. The Morgan fingerprint density at radius 3 is 2.26 bits per heavy atom. The smallest absolute Gasteiger partial charge is 0.335 e. The minimum Gasteiger partial charge on any atom is -0.478 e. The molecule has 0 saturated carbocycles. The van der Waals surface area contributed by atoms with Crippen LogP contribution in [0.5, 0.6) is 0 Å². The molecule has 1 aromatic carbocycles. The number of carboxylic acids is 1. The maximum absolute atomic E-state index is 11.9. The van der Waals surface area contributed by atoms with Crippen molar-refractivity contribution in [3.05, 3.63) is 23.8 Å². The molecule has 1 amide bonds. The Labute approximate surface area is 136 Å². The lowest BCUT2D eigenvalue weighted by Crippen LogP contribution is -2.14. The van der Waals surface area contributed by atoms with Gasteiger partial charge in [0, 0.05) is 18.4 Å². The van der Waals surface area contributed by atoms with Gasteiger partial charge in [-0.15, -0.1) is 0 Å². The van der Waals surface area contributed by atoms with E-state index in [1.807, 2.05) is 0 Å². The fraction of sp³-hybridized carbons (Fsp3) is 0.500. The topological polar surface area (TPSA) is 101 Å². The van der Waals surface area contributed by atoms with Crippen molar-refractivity contribution in [3.8, 4) is 0 Å². The van der Waals surface area contributed by atoms with Gasteiger partial charge in [0.25, 0.3) is 0 Å². The maximum Gasteiger partial charge on any atom is 0.335 e. The molecule has 6 nitrogen and oxygen atoms in total. The zero-order valence-corrected chi connectivity index (χ0v) is 14.7. The van der Waals surface area contributed by atoms with Crippen molar-refractivity contribution in [1.29, 1.82) is 0 Å². The second kappa shape index (κ2) is 7.12. The molecule has 0 aliphatic heterocycles. The molecule has 2 N–H and O–H groups in total. The quantitative estimate of drug-likeness (QED) is 0.828. The minimum absolute atomic E-state index is 0.132. The molecule has 0 aromatic heterocycles. The average Bonchev–Trinajstić information content (AvgIpc) is 2.35. The molecule has 0 fully saturated rings. The lowest BCUT2D eigenvalue weighted by molar-refractivity contribution is -0.116. The standard InChI is InChI=1S/C16H23NO5S/c1-16(2,3)7-5-6-14(18)17-12-8-11(15(19)20)9-13(10-12)23(4,21)22/h8-10H,5-7H2,1-4H3,(H,17,18)(H,19,20). The van der Waals surface area contributed by atoms with E-state index in [1.54, 1.807) is 0 Å². The van der Waals surface area contributed by atoms with E-state index in [9.17, 15) is 18.0 Å². The number of aromatic carboxylic acids is 1. The van der Waals surface area contributed by atoms with Crippen molar-refractivity contribution in [3.63, 3.8) is 0 Å². The fourth-order valence-corrected chi connectivity index (χ4v) is 2.69. The molecular weight excluding hydrogens is 318 g/mol. The van der Waals surface area contributed by atoms with E-state index >= 15 is 0 Å². The van der Waals surface area contributed by atoms with Gasteiger partial charge in [-0.05, 0) is 36.5 Å². The molecule has 128 valence electrons. The SMILES string of the molecule is CC(C)(C)CCCC(=O)Nc1cc(C(=O)O)cc(S(C)(=O)=O)c1. The van der Waals surface area contributed by atoms with Gasteiger partial charge in [-0.3, -0.25) is 4.79 Å². The van der Waals surface area contributed by atoms with E-state index < -0.39 is 15.8 Å². The molecule has 0 spiro atoms. The number of benzene rings is 1. The summed E-state index contributed by atoms with van der Waals surface area (Å²) in [7, 11) is -3.57. The third-order valence-electron chi connectivity index (χ3n) is 3.20. The highest BCUT2D eigenvalue weighted by molar-refractivity contribution is 7.90. The van der Waals surface area contributed by atoms with Crippen LogP contribution in [0.25, 0.3) is 0 Å². The predicted molar refractivity (Wildman–Crippen MR) is 88.4 cm³/mol. The van der Waals surface area contributed by atoms with Crippen LogP contribution in [0, 0.1) is 5.41 Å². The fourth-order valence-electron chi connectivity index (χ4n) is 2.01. The van der Waals surface area contributed by atoms with Crippen molar-refractivity contribution >= 4 is 27.4 Å². The summed E-state index contributed by atoms with van der Waals surface area (Å²) in [6.45, 7) is 6.25. The summed E-state index contributed by atoms with van der Waals surface area (Å²) < 4.78 is 23.2. The van der Waals surface area contributed by atoms with Crippen molar-refractivity contribution in [2.45, 2.75) is 44.9 Å². The molecule has 0 radical (unpaired) electrons. The van der Waals surface area contributed by atoms with Gasteiger partial charge in [0.2, 0.25) is 5.91 Å². The highest BCUT2D eigenvalue weighted by Gasteiger charge is 2.15. The van der Waals surface area contributed by atoms with Crippen LogP contribution in [0.2, 0.25) is 0 Å². The first kappa shape index (κ1) is 19.2. The summed E-state index contributed by atoms with van der Waals surface area (Å²) in [6, 6.07) is 3.59. The third kappa shape index (κ3) is 6.81. The van der Waals surface area contributed by atoms with Crippen molar-refractivity contribution < 1.29 is 23.1 Å². The number of hydrogen-bond donors (Lipinski definition) is 2. The van der Waals surface area contributed by atoms with Gasteiger partial charge < -0.3 is 10.4 Å². The highest BCUT2D eigenvalue weighted by atomic mass is 32.2. The van der Waals surface area contributed by atoms with E-state index in [-0.39, 0.29) is 27.5 Å². The molecule has 0 aliphatic carbocycles. The Morgan fingerprint density at radius 2 is 1.78 bits per heavy atom. The van der Waals surface area contributed by atoms with E-state index in [2.05, 4.69) is 26.1 Å². The predicted octanol–water partition coefficient (Wildman–Crippen LogP) is 2.94. The third-order valence-corrected chi connectivity index (χ3v) is 4.29. The van der Waals surface area contributed by atoms with Crippen LogP contribution in [0.15, 0.2) is 23.1 Å². The van der Waals surface area contributed by atoms with E-state index in [1.165, 1.54) is 12.1 Å². The number of anilines is 1. The van der Waals surface area contributed by atoms with Crippen LogP contribution in [0.3, 0.4) is 0 Å². The van der Waals surface area contributed by atoms with E-state index in [0.717, 1.165) is 18.7 Å². The Kier molecular flexibility index (Phi) is 5.93. The molecule has 1 rings (SSSR count). The number of sulfone groups is 1. The summed E-state index contributed by atoms with van der Waals surface area (Å²) in [6.07, 6.45) is 2.86. The number of nitrogens with one attached hydrogen (secondary N) is 1. The Bertz CT molecular complexity index is 702. The van der Waals surface area contributed by atoms with Crippen LogP contribution < -0.4 is 5.32 Å². The van der Waals surface area contributed by atoms with E-state index in [4.69, 9.17) is 5.11 Å². The molecule has 23 heavy (non-hydrogen) atoms.